The molecule has 6 nitrogen and oxygen atoms in total. The summed E-state index contributed by atoms with van der Waals surface area (Å²) in [6, 6.07) is 25.7. The molecule has 184 valence electrons. The second-order valence-electron chi connectivity index (χ2n) is 10.3. The number of rotatable bonds is 7. The molecule has 5 rings (SSSR count). The van der Waals surface area contributed by atoms with Crippen LogP contribution in [0.4, 0.5) is 5.69 Å². The average molecular weight is 481 g/mol. The summed E-state index contributed by atoms with van der Waals surface area (Å²) in [5.41, 5.74) is 2.92. The molecule has 0 aliphatic heterocycles. The highest BCUT2D eigenvalue weighted by Crippen LogP contribution is 2.63. The van der Waals surface area contributed by atoms with Crippen molar-refractivity contribution >= 4 is 28.3 Å². The van der Waals surface area contributed by atoms with Crippen LogP contribution in [-0.2, 0) is 11.8 Å². The van der Waals surface area contributed by atoms with Gasteiger partial charge in [-0.2, -0.15) is 5.10 Å². The smallest absolute Gasteiger partial charge is 0.270 e. The summed E-state index contributed by atoms with van der Waals surface area (Å²) >= 11 is 0. The lowest BCUT2D eigenvalue weighted by atomic mass is 9.86. The van der Waals surface area contributed by atoms with Crippen molar-refractivity contribution in [3.63, 3.8) is 0 Å². The van der Waals surface area contributed by atoms with Gasteiger partial charge in [0, 0.05) is 18.7 Å². The number of carbonyl (C=O) groups is 2. The molecule has 1 aliphatic carbocycles. The Hall–Kier alpha value is -3.93. The van der Waals surface area contributed by atoms with Crippen molar-refractivity contribution in [2.45, 2.75) is 33.2 Å². The monoisotopic (exact) mass is 480 g/mol. The summed E-state index contributed by atoms with van der Waals surface area (Å²) in [6.45, 7) is 6.03. The van der Waals surface area contributed by atoms with Gasteiger partial charge >= 0.3 is 0 Å². The van der Waals surface area contributed by atoms with E-state index in [4.69, 9.17) is 0 Å². The minimum atomic E-state index is -0.245. The molecule has 1 heterocycles. The van der Waals surface area contributed by atoms with Gasteiger partial charge in [-0.1, -0.05) is 74.5 Å². The maximum atomic E-state index is 13.3. The summed E-state index contributed by atoms with van der Waals surface area (Å²) in [5, 5.41) is 12.9. The van der Waals surface area contributed by atoms with Gasteiger partial charge in [-0.3, -0.25) is 14.3 Å². The molecule has 0 saturated heterocycles. The van der Waals surface area contributed by atoms with E-state index in [0.29, 0.717) is 5.69 Å². The summed E-state index contributed by atoms with van der Waals surface area (Å²) in [7, 11) is 1.78. The fourth-order valence-electron chi connectivity index (χ4n) is 5.50. The minimum absolute atomic E-state index is 0.000552. The summed E-state index contributed by atoms with van der Waals surface area (Å²) in [5.74, 6) is -0.230. The second kappa shape index (κ2) is 9.26. The molecule has 0 radical (unpaired) electrons. The van der Waals surface area contributed by atoms with Crippen LogP contribution in [0.3, 0.4) is 0 Å². The van der Waals surface area contributed by atoms with E-state index in [9.17, 15) is 9.59 Å². The number of benzene rings is 3. The fourth-order valence-corrected chi connectivity index (χ4v) is 5.50. The summed E-state index contributed by atoms with van der Waals surface area (Å²) < 4.78 is 1.61. The van der Waals surface area contributed by atoms with Crippen LogP contribution in [0.5, 0.6) is 0 Å². The molecular formula is C30H32N4O2. The number of aromatic nitrogens is 2. The van der Waals surface area contributed by atoms with Crippen LogP contribution < -0.4 is 10.6 Å². The minimum Gasteiger partial charge on any atom is -0.343 e. The van der Waals surface area contributed by atoms with Crippen molar-refractivity contribution in [1.82, 2.24) is 15.1 Å². The number of nitrogens with zero attached hydrogens (tertiary/aromatic N) is 2. The van der Waals surface area contributed by atoms with Gasteiger partial charge in [0.2, 0.25) is 5.91 Å². The first-order chi connectivity index (χ1) is 17.3. The second-order valence-corrected chi connectivity index (χ2v) is 10.3. The Morgan fingerprint density at radius 3 is 2.39 bits per heavy atom. The molecule has 2 amide bonds. The van der Waals surface area contributed by atoms with Gasteiger partial charge in [0.25, 0.3) is 5.91 Å². The van der Waals surface area contributed by atoms with E-state index in [1.807, 2.05) is 80.6 Å². The van der Waals surface area contributed by atoms with Crippen LogP contribution in [0.15, 0.2) is 78.9 Å². The van der Waals surface area contributed by atoms with Crippen LogP contribution in [-0.4, -0.2) is 21.6 Å². The van der Waals surface area contributed by atoms with Gasteiger partial charge in [0.15, 0.2) is 0 Å². The zero-order valence-electron chi connectivity index (χ0n) is 21.2. The molecule has 4 atom stereocenters. The zero-order chi connectivity index (χ0) is 25.4. The number of anilines is 1. The maximum absolute atomic E-state index is 13.3. The fraction of sp³-hybridized carbons (Fsp3) is 0.300. The number of hydrogen-bond acceptors (Lipinski definition) is 3. The quantitative estimate of drug-likeness (QED) is 0.359. The molecule has 6 heteroatoms. The number of hydrogen-bond donors (Lipinski definition) is 2. The van der Waals surface area contributed by atoms with Crippen molar-refractivity contribution in [3.8, 4) is 0 Å². The molecular weight excluding hydrogens is 448 g/mol. The molecule has 4 aromatic rings. The molecule has 2 N–H and O–H groups in total. The van der Waals surface area contributed by atoms with E-state index in [0.717, 1.165) is 34.1 Å². The zero-order valence-corrected chi connectivity index (χ0v) is 21.2. The van der Waals surface area contributed by atoms with E-state index < -0.39 is 0 Å². The molecule has 0 bridgehead atoms. The normalized spacial score (nSPS) is 20.5. The molecule has 3 aromatic carbocycles. The van der Waals surface area contributed by atoms with Crippen LogP contribution in [0.1, 0.15) is 48.1 Å². The Labute approximate surface area is 211 Å². The van der Waals surface area contributed by atoms with Crippen molar-refractivity contribution in [3.05, 3.63) is 95.8 Å². The molecule has 1 aliphatic rings. The van der Waals surface area contributed by atoms with Gasteiger partial charge in [-0.15, -0.1) is 0 Å². The van der Waals surface area contributed by atoms with Crippen LogP contribution in [0.25, 0.3) is 10.8 Å². The first-order valence-electron chi connectivity index (χ1n) is 12.4. The van der Waals surface area contributed by atoms with Crippen molar-refractivity contribution < 1.29 is 9.59 Å². The SMILES string of the molecule is Cc1cc(C(=O)NC(c2ccccc2)[C@@]2(C)CC2C(C)C(=O)Nc2ccc3ccccc3c2)n(C)n1. The molecule has 1 saturated carbocycles. The van der Waals surface area contributed by atoms with Crippen molar-refractivity contribution in [1.29, 1.82) is 0 Å². The highest BCUT2D eigenvalue weighted by Gasteiger charge is 2.59. The topological polar surface area (TPSA) is 76.0 Å². The van der Waals surface area contributed by atoms with E-state index in [-0.39, 0.29) is 35.1 Å². The van der Waals surface area contributed by atoms with Gasteiger partial charge in [-0.05, 0) is 59.2 Å². The first-order valence-corrected chi connectivity index (χ1v) is 12.4. The number of amides is 2. The number of nitrogens with one attached hydrogen (secondary N) is 2. The van der Waals surface area contributed by atoms with E-state index in [2.05, 4.69) is 28.7 Å². The van der Waals surface area contributed by atoms with E-state index in [1.54, 1.807) is 17.8 Å². The van der Waals surface area contributed by atoms with Crippen molar-refractivity contribution in [2.24, 2.45) is 24.3 Å². The predicted molar refractivity (Wildman–Crippen MR) is 143 cm³/mol. The van der Waals surface area contributed by atoms with E-state index >= 15 is 0 Å². The summed E-state index contributed by atoms with van der Waals surface area (Å²) in [4.78, 5) is 26.5. The number of aryl methyl sites for hydroxylation is 2. The summed E-state index contributed by atoms with van der Waals surface area (Å²) in [6.07, 6.45) is 0.851. The van der Waals surface area contributed by atoms with E-state index in [1.165, 1.54) is 0 Å². The Bertz CT molecular complexity index is 1430. The molecule has 3 unspecified atom stereocenters. The van der Waals surface area contributed by atoms with Gasteiger partial charge < -0.3 is 10.6 Å². The highest BCUT2D eigenvalue weighted by molar-refractivity contribution is 5.96. The lowest BCUT2D eigenvalue weighted by Crippen LogP contribution is -2.36. The average Bonchev–Trinajstić information content (AvgIpc) is 3.45. The Balaban J connectivity index is 1.34. The van der Waals surface area contributed by atoms with Crippen molar-refractivity contribution in [2.75, 3.05) is 5.32 Å². The molecule has 36 heavy (non-hydrogen) atoms. The van der Waals surface area contributed by atoms with Gasteiger partial charge in [0.05, 0.1) is 11.7 Å². The first kappa shape index (κ1) is 23.8. The third kappa shape index (κ3) is 4.51. The number of carbonyl (C=O) groups excluding carboxylic acids is 2. The maximum Gasteiger partial charge on any atom is 0.270 e. The predicted octanol–water partition coefficient (Wildman–Crippen LogP) is 5.65. The Morgan fingerprint density at radius 1 is 1.00 bits per heavy atom. The highest BCUT2D eigenvalue weighted by atomic mass is 16.2. The van der Waals surface area contributed by atoms with Crippen LogP contribution >= 0.6 is 0 Å². The van der Waals surface area contributed by atoms with Gasteiger partial charge in [0.1, 0.15) is 5.69 Å². The molecule has 1 fully saturated rings. The molecule has 0 spiro atoms. The standard InChI is InChI=1S/C30H32N4O2/c1-19-16-26(34(4)33-19)29(36)32-27(22-11-6-5-7-12-22)30(3)18-25(30)20(2)28(35)31-24-15-14-21-10-8-9-13-23(21)17-24/h5-17,20,25,27H,18H2,1-4H3,(H,31,35)(H,32,36)/t20?,25?,27?,30-/m0/s1. The largest absolute Gasteiger partial charge is 0.343 e. The third-order valence-electron chi connectivity index (χ3n) is 7.68. The van der Waals surface area contributed by atoms with Crippen LogP contribution in [0, 0.1) is 24.2 Å². The lowest BCUT2D eigenvalue weighted by molar-refractivity contribution is -0.120. The molecule has 1 aromatic heterocycles. The van der Waals surface area contributed by atoms with Crippen LogP contribution in [0.2, 0.25) is 0 Å². The van der Waals surface area contributed by atoms with Gasteiger partial charge in [-0.25, -0.2) is 0 Å². The Morgan fingerprint density at radius 2 is 1.69 bits per heavy atom. The third-order valence-corrected chi connectivity index (χ3v) is 7.68. The lowest BCUT2D eigenvalue weighted by Gasteiger charge is -2.28. The number of fused-ring (bicyclic) bond motifs is 1. The Kier molecular flexibility index (Phi) is 6.12.